The lowest BCUT2D eigenvalue weighted by Gasteiger charge is -2.22. The van der Waals surface area contributed by atoms with Crippen LogP contribution in [0.5, 0.6) is 0 Å². The van der Waals surface area contributed by atoms with Crippen LogP contribution in [0.15, 0.2) is 12.1 Å². The molecule has 0 saturated heterocycles. The number of esters is 2. The predicted molar refractivity (Wildman–Crippen MR) is 74.9 cm³/mol. The highest BCUT2D eigenvalue weighted by atomic mass is 16.6. The Morgan fingerprint density at radius 3 is 2.20 bits per heavy atom. The van der Waals surface area contributed by atoms with Crippen molar-refractivity contribution >= 4 is 11.9 Å². The maximum Gasteiger partial charge on any atom is 0.338 e. The number of carbonyl (C=O) groups is 2. The summed E-state index contributed by atoms with van der Waals surface area (Å²) in [6.45, 7) is 7.69. The highest BCUT2D eigenvalue weighted by molar-refractivity contribution is 5.96. The SMILES string of the molecule is CCC1COC(=O)c2cc(C)c(cc2C)C(=O)OC1C. The molecule has 3 rings (SSSR count). The molecule has 2 heterocycles. The number of aryl methyl sites for hydroxylation is 2. The van der Waals surface area contributed by atoms with E-state index in [9.17, 15) is 9.59 Å². The molecule has 4 nitrogen and oxygen atoms in total. The van der Waals surface area contributed by atoms with Crippen LogP contribution in [0.1, 0.15) is 52.1 Å². The van der Waals surface area contributed by atoms with Crippen LogP contribution in [0.3, 0.4) is 0 Å². The zero-order valence-electron chi connectivity index (χ0n) is 12.4. The molecule has 1 aromatic carbocycles. The smallest absolute Gasteiger partial charge is 0.338 e. The first-order valence-corrected chi connectivity index (χ1v) is 6.93. The average molecular weight is 276 g/mol. The van der Waals surface area contributed by atoms with E-state index < -0.39 is 0 Å². The molecule has 2 aliphatic rings. The molecule has 0 aromatic heterocycles. The topological polar surface area (TPSA) is 52.6 Å². The zero-order chi connectivity index (χ0) is 14.9. The molecule has 0 aliphatic carbocycles. The lowest BCUT2D eigenvalue weighted by atomic mass is 10.00. The standard InChI is InChI=1S/C16H20O4/c1-5-12-8-19-15(17)13-6-10(3)14(7-9(13)2)16(18)20-11(12)4/h6-7,11-12H,5,8H2,1-4H3. The second-order valence-corrected chi connectivity index (χ2v) is 5.36. The van der Waals surface area contributed by atoms with Crippen LogP contribution in [0, 0.1) is 19.8 Å². The summed E-state index contributed by atoms with van der Waals surface area (Å²) < 4.78 is 10.9. The molecule has 0 spiro atoms. The summed E-state index contributed by atoms with van der Waals surface area (Å²) in [5, 5.41) is 0. The van der Waals surface area contributed by atoms with Crippen molar-refractivity contribution in [1.82, 2.24) is 0 Å². The van der Waals surface area contributed by atoms with Gasteiger partial charge in [-0.25, -0.2) is 9.59 Å². The van der Waals surface area contributed by atoms with E-state index in [0.29, 0.717) is 11.1 Å². The van der Waals surface area contributed by atoms with Crippen molar-refractivity contribution in [3.8, 4) is 0 Å². The third kappa shape index (κ3) is 2.69. The first-order chi connectivity index (χ1) is 9.43. The molecule has 4 heteroatoms. The maximum absolute atomic E-state index is 12.2. The third-order valence-corrected chi connectivity index (χ3v) is 3.92. The Morgan fingerprint density at radius 2 is 1.65 bits per heavy atom. The summed E-state index contributed by atoms with van der Waals surface area (Å²) in [5.41, 5.74) is 2.50. The average Bonchev–Trinajstić information content (AvgIpc) is 2.42. The minimum absolute atomic E-state index is 0.0159. The van der Waals surface area contributed by atoms with Gasteiger partial charge in [0.15, 0.2) is 0 Å². The van der Waals surface area contributed by atoms with Crippen LogP contribution in [0.25, 0.3) is 0 Å². The Hall–Kier alpha value is -1.84. The van der Waals surface area contributed by atoms with Crippen molar-refractivity contribution < 1.29 is 19.1 Å². The Morgan fingerprint density at radius 1 is 1.10 bits per heavy atom. The van der Waals surface area contributed by atoms with Crippen LogP contribution in [-0.4, -0.2) is 24.6 Å². The quantitative estimate of drug-likeness (QED) is 0.740. The fourth-order valence-corrected chi connectivity index (χ4v) is 2.43. The number of carbonyl (C=O) groups excluding carboxylic acids is 2. The maximum atomic E-state index is 12.2. The molecule has 2 bridgehead atoms. The third-order valence-electron chi connectivity index (χ3n) is 3.92. The first-order valence-electron chi connectivity index (χ1n) is 6.93. The van der Waals surface area contributed by atoms with Gasteiger partial charge in [-0.3, -0.25) is 0 Å². The zero-order valence-corrected chi connectivity index (χ0v) is 12.4. The van der Waals surface area contributed by atoms with Gasteiger partial charge in [0, 0.05) is 5.92 Å². The molecule has 0 N–H and O–H groups in total. The van der Waals surface area contributed by atoms with Gasteiger partial charge in [-0.2, -0.15) is 0 Å². The molecule has 0 saturated carbocycles. The number of fused-ring (bicyclic) bond motifs is 8. The van der Waals surface area contributed by atoms with Gasteiger partial charge in [0.05, 0.1) is 17.7 Å². The Labute approximate surface area is 119 Å². The summed E-state index contributed by atoms with van der Waals surface area (Å²) >= 11 is 0. The number of ether oxygens (including phenoxy) is 2. The Bertz CT molecular complexity index is 548. The van der Waals surface area contributed by atoms with Gasteiger partial charge < -0.3 is 9.47 Å². The van der Waals surface area contributed by atoms with Gasteiger partial charge in [0.1, 0.15) is 6.10 Å². The molecule has 2 atom stereocenters. The molecule has 2 unspecified atom stereocenters. The predicted octanol–water partition coefficient (Wildman–Crippen LogP) is 3.05. The van der Waals surface area contributed by atoms with Gasteiger partial charge in [-0.05, 0) is 50.5 Å². The van der Waals surface area contributed by atoms with E-state index in [4.69, 9.17) is 9.47 Å². The van der Waals surface area contributed by atoms with Crippen molar-refractivity contribution in [2.75, 3.05) is 6.61 Å². The molecule has 108 valence electrons. The lowest BCUT2D eigenvalue weighted by molar-refractivity contribution is 0.00127. The highest BCUT2D eigenvalue weighted by Crippen LogP contribution is 2.23. The Kier molecular flexibility index (Phi) is 4.12. The van der Waals surface area contributed by atoms with Crippen molar-refractivity contribution in [3.63, 3.8) is 0 Å². The van der Waals surface area contributed by atoms with Crippen LogP contribution in [0.2, 0.25) is 0 Å². The van der Waals surface area contributed by atoms with E-state index in [1.165, 1.54) is 0 Å². The number of benzene rings is 1. The summed E-state index contributed by atoms with van der Waals surface area (Å²) in [5.74, 6) is -0.656. The number of hydrogen-bond acceptors (Lipinski definition) is 4. The summed E-state index contributed by atoms with van der Waals surface area (Å²) in [6, 6.07) is 3.40. The van der Waals surface area contributed by atoms with Gasteiger partial charge in [0.2, 0.25) is 0 Å². The van der Waals surface area contributed by atoms with Crippen molar-refractivity contribution in [1.29, 1.82) is 0 Å². The van der Waals surface area contributed by atoms with Gasteiger partial charge >= 0.3 is 11.9 Å². The van der Waals surface area contributed by atoms with Crippen molar-refractivity contribution in [2.24, 2.45) is 5.92 Å². The number of rotatable bonds is 1. The van der Waals surface area contributed by atoms with E-state index in [1.54, 1.807) is 26.0 Å². The minimum atomic E-state index is -0.336. The fraction of sp³-hybridized carbons (Fsp3) is 0.500. The largest absolute Gasteiger partial charge is 0.462 e. The monoisotopic (exact) mass is 276 g/mol. The second kappa shape index (κ2) is 5.65. The van der Waals surface area contributed by atoms with Crippen molar-refractivity contribution in [3.05, 3.63) is 34.4 Å². The van der Waals surface area contributed by atoms with Gasteiger partial charge in [-0.15, -0.1) is 0 Å². The van der Waals surface area contributed by atoms with E-state index in [-0.39, 0.29) is 30.6 Å². The molecule has 0 fully saturated rings. The van der Waals surface area contributed by atoms with Crippen molar-refractivity contribution in [2.45, 2.75) is 40.2 Å². The van der Waals surface area contributed by atoms with E-state index in [1.807, 2.05) is 13.8 Å². The minimum Gasteiger partial charge on any atom is -0.462 e. The summed E-state index contributed by atoms with van der Waals surface area (Å²) in [7, 11) is 0. The van der Waals surface area contributed by atoms with Gasteiger partial charge in [-0.1, -0.05) is 6.92 Å². The van der Waals surface area contributed by atoms with E-state index in [0.717, 1.165) is 17.5 Å². The van der Waals surface area contributed by atoms with E-state index in [2.05, 4.69) is 0 Å². The van der Waals surface area contributed by atoms with Crippen LogP contribution in [-0.2, 0) is 9.47 Å². The molecular formula is C16H20O4. The molecule has 20 heavy (non-hydrogen) atoms. The number of hydrogen-bond donors (Lipinski definition) is 0. The van der Waals surface area contributed by atoms with Crippen LogP contribution < -0.4 is 0 Å². The van der Waals surface area contributed by atoms with Gasteiger partial charge in [0.25, 0.3) is 0 Å². The fourth-order valence-electron chi connectivity index (χ4n) is 2.43. The first kappa shape index (κ1) is 14.6. The molecule has 2 aliphatic heterocycles. The lowest BCUT2D eigenvalue weighted by Crippen LogP contribution is -2.27. The van der Waals surface area contributed by atoms with Crippen LogP contribution in [0.4, 0.5) is 0 Å². The normalized spacial score (nSPS) is 23.0. The molecular weight excluding hydrogens is 256 g/mol. The van der Waals surface area contributed by atoms with Crippen LogP contribution >= 0.6 is 0 Å². The Balaban J connectivity index is 2.48. The second-order valence-electron chi connectivity index (χ2n) is 5.36. The molecule has 1 aromatic rings. The molecule has 0 radical (unpaired) electrons. The molecule has 0 amide bonds. The summed E-state index contributed by atoms with van der Waals surface area (Å²) in [4.78, 5) is 24.4. The van der Waals surface area contributed by atoms with E-state index >= 15 is 0 Å². The summed E-state index contributed by atoms with van der Waals surface area (Å²) in [6.07, 6.45) is 0.502. The highest BCUT2D eigenvalue weighted by Gasteiger charge is 2.26.